The van der Waals surface area contributed by atoms with E-state index in [1.807, 2.05) is 19.7 Å². The zero-order valence-corrected chi connectivity index (χ0v) is 16.9. The van der Waals surface area contributed by atoms with E-state index in [9.17, 15) is 9.18 Å². The van der Waals surface area contributed by atoms with Crippen LogP contribution in [0.4, 0.5) is 10.2 Å². The van der Waals surface area contributed by atoms with E-state index in [4.69, 9.17) is 9.26 Å². The first-order chi connectivity index (χ1) is 14.1. The zero-order valence-electron chi connectivity index (χ0n) is 15.9. The number of halogens is 1. The van der Waals surface area contributed by atoms with E-state index in [1.165, 1.54) is 12.7 Å². The summed E-state index contributed by atoms with van der Waals surface area (Å²) in [6.45, 7) is 3.71. The van der Waals surface area contributed by atoms with Crippen LogP contribution in [-0.4, -0.2) is 50.5 Å². The SMILES string of the molecule is CCC1OC(n2cnc3c(NC(=O)c4ccccc4)ncnc32)C(OPC)C1F. The molecule has 1 saturated heterocycles. The molecule has 5 atom stereocenters. The molecular formula is C19H21FN5O3P. The average molecular weight is 417 g/mol. The minimum Gasteiger partial charge on any atom is -0.352 e. The molecule has 29 heavy (non-hydrogen) atoms. The predicted molar refractivity (Wildman–Crippen MR) is 108 cm³/mol. The van der Waals surface area contributed by atoms with Gasteiger partial charge in [-0.1, -0.05) is 25.1 Å². The lowest BCUT2D eigenvalue weighted by atomic mass is 10.1. The summed E-state index contributed by atoms with van der Waals surface area (Å²) in [6.07, 6.45) is 0.134. The number of hydrogen-bond acceptors (Lipinski definition) is 6. The van der Waals surface area contributed by atoms with Crippen molar-refractivity contribution in [3.05, 3.63) is 48.5 Å². The number of alkyl halides is 1. The molecule has 1 amide bonds. The molecule has 8 nitrogen and oxygen atoms in total. The molecular weight excluding hydrogens is 396 g/mol. The summed E-state index contributed by atoms with van der Waals surface area (Å²) in [5.41, 5.74) is 1.33. The van der Waals surface area contributed by atoms with Crippen LogP contribution < -0.4 is 5.32 Å². The lowest BCUT2D eigenvalue weighted by molar-refractivity contribution is -0.0269. The van der Waals surface area contributed by atoms with E-state index in [0.717, 1.165) is 0 Å². The summed E-state index contributed by atoms with van der Waals surface area (Å²) in [5.74, 6) is -0.0280. The molecule has 1 aliphatic heterocycles. The van der Waals surface area contributed by atoms with Gasteiger partial charge < -0.3 is 14.6 Å². The van der Waals surface area contributed by atoms with Crippen molar-refractivity contribution in [2.75, 3.05) is 12.0 Å². The Hall–Kier alpha value is -2.48. The van der Waals surface area contributed by atoms with Crippen LogP contribution in [0.1, 0.15) is 29.9 Å². The average Bonchev–Trinajstić information content (AvgIpc) is 3.31. The first kappa shape index (κ1) is 19.8. The monoisotopic (exact) mass is 417 g/mol. The molecule has 4 rings (SSSR count). The third kappa shape index (κ3) is 3.73. The molecule has 0 saturated carbocycles. The summed E-state index contributed by atoms with van der Waals surface area (Å²) in [5, 5.41) is 2.76. The molecule has 1 aromatic carbocycles. The topological polar surface area (TPSA) is 91.2 Å². The number of ether oxygens (including phenoxy) is 1. The van der Waals surface area contributed by atoms with Crippen LogP contribution in [0, 0.1) is 0 Å². The molecule has 3 aromatic rings. The Morgan fingerprint density at radius 2 is 2.10 bits per heavy atom. The van der Waals surface area contributed by atoms with Crippen molar-refractivity contribution in [3.63, 3.8) is 0 Å². The van der Waals surface area contributed by atoms with Crippen LogP contribution >= 0.6 is 8.81 Å². The molecule has 2 aromatic heterocycles. The summed E-state index contributed by atoms with van der Waals surface area (Å²) < 4.78 is 28.0. The van der Waals surface area contributed by atoms with E-state index >= 15 is 0 Å². The number of imidazole rings is 1. The van der Waals surface area contributed by atoms with Crippen molar-refractivity contribution >= 4 is 31.7 Å². The number of nitrogens with one attached hydrogen (secondary N) is 1. The van der Waals surface area contributed by atoms with E-state index in [1.54, 1.807) is 28.8 Å². The standard InChI is InChI=1S/C19H21FN5O3P/c1-3-12-13(20)15(28-29-2)19(27-12)25-10-23-14-16(21-9-22-17(14)25)24-18(26)11-7-5-4-6-8-11/h4-10,12-13,15,19,29H,3H2,1-2H3,(H,21,22,24,26). The lowest BCUT2D eigenvalue weighted by Gasteiger charge is -2.20. The second-order valence-corrected chi connectivity index (χ2v) is 7.21. The fourth-order valence-electron chi connectivity index (χ4n) is 3.40. The van der Waals surface area contributed by atoms with Crippen LogP contribution in [0.3, 0.4) is 0 Å². The van der Waals surface area contributed by atoms with Crippen LogP contribution in [0.15, 0.2) is 43.0 Å². The summed E-state index contributed by atoms with van der Waals surface area (Å²) in [7, 11) is 0.121. The maximum absolute atomic E-state index is 14.8. The summed E-state index contributed by atoms with van der Waals surface area (Å²) in [6, 6.07) is 8.81. The maximum atomic E-state index is 14.8. The Kier molecular flexibility index (Phi) is 5.80. The number of fused-ring (bicyclic) bond motifs is 1. The van der Waals surface area contributed by atoms with Gasteiger partial charge in [-0.25, -0.2) is 19.3 Å². The number of carbonyl (C=O) groups is 1. The van der Waals surface area contributed by atoms with Crippen molar-refractivity contribution in [2.24, 2.45) is 0 Å². The molecule has 0 radical (unpaired) electrons. The minimum atomic E-state index is -1.24. The number of anilines is 1. The van der Waals surface area contributed by atoms with Gasteiger partial charge in [-0.05, 0) is 25.2 Å². The normalized spacial score (nSPS) is 24.5. The summed E-state index contributed by atoms with van der Waals surface area (Å²) in [4.78, 5) is 25.3. The molecule has 1 N–H and O–H groups in total. The van der Waals surface area contributed by atoms with E-state index in [2.05, 4.69) is 20.3 Å². The first-order valence-corrected chi connectivity index (χ1v) is 10.7. The van der Waals surface area contributed by atoms with Crippen molar-refractivity contribution in [1.29, 1.82) is 0 Å². The van der Waals surface area contributed by atoms with Crippen molar-refractivity contribution in [2.45, 2.75) is 38.0 Å². The van der Waals surface area contributed by atoms with Crippen LogP contribution in [0.5, 0.6) is 0 Å². The highest BCUT2D eigenvalue weighted by molar-refractivity contribution is 7.31. The highest BCUT2D eigenvalue weighted by atomic mass is 31.1. The van der Waals surface area contributed by atoms with Gasteiger partial charge in [-0.2, -0.15) is 0 Å². The predicted octanol–water partition coefficient (Wildman–Crippen LogP) is 3.33. The minimum absolute atomic E-state index is 0.121. The Morgan fingerprint density at radius 3 is 2.83 bits per heavy atom. The van der Waals surface area contributed by atoms with Gasteiger partial charge >= 0.3 is 0 Å². The van der Waals surface area contributed by atoms with Gasteiger partial charge in [0.05, 0.1) is 12.4 Å². The number of amides is 1. The van der Waals surface area contributed by atoms with E-state index in [0.29, 0.717) is 23.1 Å². The fraction of sp³-hybridized carbons (Fsp3) is 0.368. The molecule has 10 heteroatoms. The molecule has 0 bridgehead atoms. The lowest BCUT2D eigenvalue weighted by Crippen LogP contribution is -2.28. The number of carbonyl (C=O) groups excluding carboxylic acids is 1. The molecule has 5 unspecified atom stereocenters. The van der Waals surface area contributed by atoms with Crippen LogP contribution in [-0.2, 0) is 9.26 Å². The largest absolute Gasteiger partial charge is 0.352 e. The highest BCUT2D eigenvalue weighted by Gasteiger charge is 2.46. The quantitative estimate of drug-likeness (QED) is 0.619. The molecule has 0 spiro atoms. The second-order valence-electron chi connectivity index (χ2n) is 6.57. The van der Waals surface area contributed by atoms with Crippen LogP contribution in [0.2, 0.25) is 0 Å². The van der Waals surface area contributed by atoms with Crippen molar-refractivity contribution in [1.82, 2.24) is 19.5 Å². The smallest absolute Gasteiger partial charge is 0.256 e. The highest BCUT2D eigenvalue weighted by Crippen LogP contribution is 2.39. The number of hydrogen-bond donors (Lipinski definition) is 1. The number of rotatable bonds is 6. The number of aromatic nitrogens is 4. The van der Waals surface area contributed by atoms with Gasteiger partial charge in [0, 0.05) is 14.4 Å². The first-order valence-electron chi connectivity index (χ1n) is 9.30. The molecule has 1 aliphatic rings. The fourth-order valence-corrected chi connectivity index (χ4v) is 3.92. The third-order valence-electron chi connectivity index (χ3n) is 4.82. The van der Waals surface area contributed by atoms with Gasteiger partial charge in [0.1, 0.15) is 12.4 Å². The number of nitrogens with zero attached hydrogens (tertiary/aromatic N) is 4. The molecule has 152 valence electrons. The summed E-state index contributed by atoms with van der Waals surface area (Å²) >= 11 is 0. The molecule has 3 heterocycles. The number of benzene rings is 1. The second kappa shape index (κ2) is 8.49. The van der Waals surface area contributed by atoms with Gasteiger partial charge in [-0.15, -0.1) is 0 Å². The van der Waals surface area contributed by atoms with Crippen molar-refractivity contribution in [3.8, 4) is 0 Å². The van der Waals surface area contributed by atoms with Crippen molar-refractivity contribution < 1.29 is 18.4 Å². The van der Waals surface area contributed by atoms with Crippen LogP contribution in [0.25, 0.3) is 11.2 Å². The Morgan fingerprint density at radius 1 is 1.31 bits per heavy atom. The Balaban J connectivity index is 1.66. The van der Waals surface area contributed by atoms with Gasteiger partial charge in [-0.3, -0.25) is 9.36 Å². The van der Waals surface area contributed by atoms with E-state index in [-0.39, 0.29) is 20.5 Å². The third-order valence-corrected chi connectivity index (χ3v) is 5.33. The van der Waals surface area contributed by atoms with E-state index < -0.39 is 24.6 Å². The Bertz CT molecular complexity index is 1000. The molecule has 0 aliphatic carbocycles. The maximum Gasteiger partial charge on any atom is 0.256 e. The Labute approximate surface area is 168 Å². The zero-order chi connectivity index (χ0) is 20.4. The molecule has 1 fully saturated rings. The van der Waals surface area contributed by atoms with Gasteiger partial charge in [0.25, 0.3) is 5.91 Å². The van der Waals surface area contributed by atoms with Gasteiger partial charge in [0.2, 0.25) is 0 Å². The van der Waals surface area contributed by atoms with Gasteiger partial charge in [0.15, 0.2) is 29.4 Å².